The number of benzene rings is 2. The van der Waals surface area contributed by atoms with Crippen molar-refractivity contribution in [2.24, 2.45) is 0 Å². The lowest BCUT2D eigenvalue weighted by Gasteiger charge is -2.15. The maximum Gasteiger partial charge on any atom is 0.260 e. The Labute approximate surface area is 143 Å². The van der Waals surface area contributed by atoms with Crippen LogP contribution in [0.1, 0.15) is 24.5 Å². The largest absolute Gasteiger partial charge is 0.497 e. The summed E-state index contributed by atoms with van der Waals surface area (Å²) in [5, 5.41) is 2.92. The van der Waals surface area contributed by atoms with Gasteiger partial charge in [-0.15, -0.1) is 0 Å². The predicted molar refractivity (Wildman–Crippen MR) is 95.6 cm³/mol. The zero-order chi connectivity index (χ0) is 17.4. The molecule has 2 aromatic carbocycles. The normalized spacial score (nSPS) is 11.6. The Hall–Kier alpha value is -2.49. The van der Waals surface area contributed by atoms with Gasteiger partial charge in [-0.25, -0.2) is 0 Å². The van der Waals surface area contributed by atoms with Crippen molar-refractivity contribution in [1.82, 2.24) is 5.32 Å². The molecule has 0 spiro atoms. The molecule has 4 nitrogen and oxygen atoms in total. The Morgan fingerprint density at radius 1 is 1.12 bits per heavy atom. The summed E-state index contributed by atoms with van der Waals surface area (Å²) in [5.41, 5.74) is 2.37. The number of methoxy groups -OCH3 is 1. The zero-order valence-corrected chi connectivity index (χ0v) is 14.5. The lowest BCUT2D eigenvalue weighted by Crippen LogP contribution is -2.36. The minimum absolute atomic E-state index is 0.0961. The first-order valence-corrected chi connectivity index (χ1v) is 8.22. The van der Waals surface area contributed by atoms with Crippen LogP contribution in [-0.4, -0.2) is 25.7 Å². The van der Waals surface area contributed by atoms with Gasteiger partial charge in [0.05, 0.1) is 7.11 Å². The summed E-state index contributed by atoms with van der Waals surface area (Å²) in [7, 11) is 1.66. The molecule has 1 N–H and O–H groups in total. The van der Waals surface area contributed by atoms with Crippen LogP contribution in [0.2, 0.25) is 0 Å². The van der Waals surface area contributed by atoms with E-state index in [0.717, 1.165) is 24.2 Å². The van der Waals surface area contributed by atoms with E-state index in [1.54, 1.807) is 14.0 Å². The lowest BCUT2D eigenvalue weighted by molar-refractivity contribution is -0.127. The van der Waals surface area contributed by atoms with Crippen LogP contribution >= 0.6 is 0 Å². The van der Waals surface area contributed by atoms with E-state index in [4.69, 9.17) is 9.47 Å². The summed E-state index contributed by atoms with van der Waals surface area (Å²) in [6.45, 7) is 4.40. The highest BCUT2D eigenvalue weighted by Gasteiger charge is 2.13. The van der Waals surface area contributed by atoms with Crippen LogP contribution in [0, 0.1) is 6.92 Å². The first kappa shape index (κ1) is 17.9. The molecule has 0 aliphatic rings. The van der Waals surface area contributed by atoms with Crippen LogP contribution in [0.15, 0.2) is 48.5 Å². The number of ether oxygens (including phenoxy) is 2. The first-order chi connectivity index (χ1) is 11.6. The van der Waals surface area contributed by atoms with Gasteiger partial charge in [0.15, 0.2) is 6.10 Å². The van der Waals surface area contributed by atoms with Crippen LogP contribution in [0.3, 0.4) is 0 Å². The fourth-order valence-electron chi connectivity index (χ4n) is 2.35. The van der Waals surface area contributed by atoms with E-state index in [0.29, 0.717) is 12.3 Å². The molecule has 0 saturated carbocycles. The Kier molecular flexibility index (Phi) is 6.67. The third kappa shape index (κ3) is 5.61. The molecule has 1 atom stereocenters. The average Bonchev–Trinajstić information content (AvgIpc) is 2.60. The number of carbonyl (C=O) groups excluding carboxylic acids is 1. The summed E-state index contributed by atoms with van der Waals surface area (Å²) in [5.74, 6) is 1.47. The molecule has 0 saturated heterocycles. The molecule has 2 rings (SSSR count). The topological polar surface area (TPSA) is 47.6 Å². The highest BCUT2D eigenvalue weighted by Crippen LogP contribution is 2.14. The highest BCUT2D eigenvalue weighted by atomic mass is 16.5. The van der Waals surface area contributed by atoms with Crippen molar-refractivity contribution >= 4 is 5.91 Å². The molecule has 0 aliphatic carbocycles. The van der Waals surface area contributed by atoms with E-state index in [1.165, 1.54) is 5.56 Å². The minimum atomic E-state index is -0.510. The fraction of sp³-hybridized carbons (Fsp3) is 0.350. The number of rotatable bonds is 8. The van der Waals surface area contributed by atoms with Gasteiger partial charge >= 0.3 is 0 Å². The molecule has 24 heavy (non-hydrogen) atoms. The number of aryl methyl sites for hydroxylation is 2. The van der Waals surface area contributed by atoms with Crippen LogP contribution in [0.5, 0.6) is 11.5 Å². The average molecular weight is 327 g/mol. The molecule has 0 fully saturated rings. The zero-order valence-electron chi connectivity index (χ0n) is 14.5. The Morgan fingerprint density at radius 2 is 1.88 bits per heavy atom. The van der Waals surface area contributed by atoms with Crippen LogP contribution < -0.4 is 14.8 Å². The second-order valence-electron chi connectivity index (χ2n) is 5.82. The van der Waals surface area contributed by atoms with Gasteiger partial charge in [0, 0.05) is 6.54 Å². The molecule has 1 amide bonds. The van der Waals surface area contributed by atoms with Gasteiger partial charge in [-0.05, 0) is 56.5 Å². The second kappa shape index (κ2) is 8.96. The van der Waals surface area contributed by atoms with Crippen LogP contribution in [0.25, 0.3) is 0 Å². The van der Waals surface area contributed by atoms with Crippen molar-refractivity contribution in [2.75, 3.05) is 13.7 Å². The minimum Gasteiger partial charge on any atom is -0.497 e. The molecule has 0 aliphatic heterocycles. The number of hydrogen-bond acceptors (Lipinski definition) is 3. The smallest absolute Gasteiger partial charge is 0.260 e. The lowest BCUT2D eigenvalue weighted by atomic mass is 10.1. The van der Waals surface area contributed by atoms with Crippen molar-refractivity contribution in [2.45, 2.75) is 32.8 Å². The van der Waals surface area contributed by atoms with Gasteiger partial charge in [-0.2, -0.15) is 0 Å². The predicted octanol–water partition coefficient (Wildman–Crippen LogP) is 3.52. The second-order valence-corrected chi connectivity index (χ2v) is 5.82. The summed E-state index contributed by atoms with van der Waals surface area (Å²) >= 11 is 0. The molecular formula is C20H25NO3. The molecular weight excluding hydrogens is 302 g/mol. The number of carbonyl (C=O) groups is 1. The van der Waals surface area contributed by atoms with Crippen molar-refractivity contribution in [3.05, 3.63) is 59.7 Å². The summed E-state index contributed by atoms with van der Waals surface area (Å²) in [6, 6.07) is 15.7. The van der Waals surface area contributed by atoms with Crippen molar-refractivity contribution in [1.29, 1.82) is 0 Å². The number of nitrogens with one attached hydrogen (secondary N) is 1. The summed E-state index contributed by atoms with van der Waals surface area (Å²) in [6.07, 6.45) is 1.26. The Morgan fingerprint density at radius 3 is 2.58 bits per heavy atom. The molecule has 128 valence electrons. The Balaban J connectivity index is 1.71. The summed E-state index contributed by atoms with van der Waals surface area (Å²) < 4.78 is 10.9. The SMILES string of the molecule is COc1cccc(CCCNC(=O)[C@@H](C)Oc2ccc(C)cc2)c1. The maximum atomic E-state index is 12.1. The fourth-order valence-corrected chi connectivity index (χ4v) is 2.35. The third-order valence-electron chi connectivity index (χ3n) is 3.78. The van der Waals surface area contributed by atoms with Crippen molar-refractivity contribution in [3.8, 4) is 11.5 Å². The van der Waals surface area contributed by atoms with Gasteiger partial charge < -0.3 is 14.8 Å². The molecule has 0 bridgehead atoms. The van der Waals surface area contributed by atoms with Crippen molar-refractivity contribution < 1.29 is 14.3 Å². The maximum absolute atomic E-state index is 12.1. The first-order valence-electron chi connectivity index (χ1n) is 8.22. The van der Waals surface area contributed by atoms with E-state index in [9.17, 15) is 4.79 Å². The molecule has 0 aromatic heterocycles. The number of amides is 1. The van der Waals surface area contributed by atoms with E-state index in [-0.39, 0.29) is 5.91 Å². The van der Waals surface area contributed by atoms with E-state index < -0.39 is 6.10 Å². The van der Waals surface area contributed by atoms with E-state index in [1.807, 2.05) is 49.4 Å². The highest BCUT2D eigenvalue weighted by molar-refractivity contribution is 5.80. The van der Waals surface area contributed by atoms with Crippen LogP contribution in [-0.2, 0) is 11.2 Å². The van der Waals surface area contributed by atoms with E-state index in [2.05, 4.69) is 11.4 Å². The quantitative estimate of drug-likeness (QED) is 0.755. The third-order valence-corrected chi connectivity index (χ3v) is 3.78. The molecule has 0 radical (unpaired) electrons. The van der Waals surface area contributed by atoms with Gasteiger partial charge in [0.2, 0.25) is 0 Å². The van der Waals surface area contributed by atoms with Gasteiger partial charge in [-0.3, -0.25) is 4.79 Å². The molecule has 2 aromatic rings. The molecule has 0 unspecified atom stereocenters. The van der Waals surface area contributed by atoms with E-state index >= 15 is 0 Å². The monoisotopic (exact) mass is 327 g/mol. The standard InChI is InChI=1S/C20H25NO3/c1-15-9-11-18(12-10-15)24-16(2)20(22)21-13-5-7-17-6-4-8-19(14-17)23-3/h4,6,8-12,14,16H,5,7,13H2,1-3H3,(H,21,22)/t16-/m1/s1. The van der Waals surface area contributed by atoms with Gasteiger partial charge in [0.1, 0.15) is 11.5 Å². The molecule has 4 heteroatoms. The number of hydrogen-bond donors (Lipinski definition) is 1. The van der Waals surface area contributed by atoms with Crippen LogP contribution in [0.4, 0.5) is 0 Å². The van der Waals surface area contributed by atoms with Gasteiger partial charge in [0.25, 0.3) is 5.91 Å². The Bertz CT molecular complexity index is 652. The summed E-state index contributed by atoms with van der Waals surface area (Å²) in [4.78, 5) is 12.1. The van der Waals surface area contributed by atoms with Gasteiger partial charge in [-0.1, -0.05) is 29.8 Å². The van der Waals surface area contributed by atoms with Crippen molar-refractivity contribution in [3.63, 3.8) is 0 Å². The molecule has 0 heterocycles.